The van der Waals surface area contributed by atoms with E-state index < -0.39 is 0 Å². The maximum Gasteiger partial charge on any atom is 0.135 e. The van der Waals surface area contributed by atoms with Gasteiger partial charge < -0.3 is 13.6 Å². The normalized spacial score (nSPS) is 11.9. The van der Waals surface area contributed by atoms with Gasteiger partial charge in [-0.05, 0) is 89.0 Å². The van der Waals surface area contributed by atoms with Crippen LogP contribution in [0.5, 0.6) is 0 Å². The summed E-state index contributed by atoms with van der Waals surface area (Å²) in [6.07, 6.45) is 0. The van der Waals surface area contributed by atoms with E-state index in [4.69, 9.17) is 4.42 Å². The molecule has 0 aliphatic carbocycles. The highest BCUT2D eigenvalue weighted by Gasteiger charge is 2.19. The molecule has 0 spiro atoms. The Bertz CT molecular complexity index is 3140. The number of para-hydroxylation sites is 3. The molecule has 3 heterocycles. The molecule has 0 saturated carbocycles. The van der Waals surface area contributed by atoms with Crippen LogP contribution in [0.4, 0.5) is 0 Å². The van der Waals surface area contributed by atoms with E-state index in [-0.39, 0.29) is 0 Å². The molecule has 238 valence electrons. The molecule has 0 bridgehead atoms. The van der Waals surface area contributed by atoms with Crippen molar-refractivity contribution in [1.82, 2.24) is 9.13 Å². The van der Waals surface area contributed by atoms with Crippen LogP contribution in [0.2, 0.25) is 0 Å². The lowest BCUT2D eigenvalue weighted by atomic mass is 10.0. The van der Waals surface area contributed by atoms with E-state index in [0.29, 0.717) is 0 Å². The van der Waals surface area contributed by atoms with Crippen molar-refractivity contribution in [2.24, 2.45) is 0 Å². The van der Waals surface area contributed by atoms with Gasteiger partial charge in [0, 0.05) is 43.7 Å². The van der Waals surface area contributed by atoms with Gasteiger partial charge in [-0.15, -0.1) is 0 Å². The molecule has 0 N–H and O–H groups in total. The summed E-state index contributed by atoms with van der Waals surface area (Å²) in [7, 11) is 0. The number of aromatic nitrogens is 2. The molecule has 0 saturated heterocycles. The summed E-state index contributed by atoms with van der Waals surface area (Å²) in [5.41, 5.74) is 13.7. The minimum absolute atomic E-state index is 0.911. The molecule has 3 nitrogen and oxygen atoms in total. The Morgan fingerprint density at radius 1 is 0.275 bits per heavy atom. The topological polar surface area (TPSA) is 23.0 Å². The second kappa shape index (κ2) is 10.8. The molecule has 51 heavy (non-hydrogen) atoms. The maximum atomic E-state index is 6.14. The predicted octanol–water partition coefficient (Wildman–Crippen LogP) is 13.1. The van der Waals surface area contributed by atoms with Crippen LogP contribution in [0.25, 0.3) is 99.2 Å². The molecule has 11 aromatic rings. The zero-order chi connectivity index (χ0) is 33.5. The van der Waals surface area contributed by atoms with Crippen molar-refractivity contribution in [2.45, 2.75) is 0 Å². The summed E-state index contributed by atoms with van der Waals surface area (Å²) in [4.78, 5) is 0. The number of hydrogen-bond donors (Lipinski definition) is 0. The quantitative estimate of drug-likeness (QED) is 0.186. The van der Waals surface area contributed by atoms with Crippen molar-refractivity contribution in [2.75, 3.05) is 0 Å². The van der Waals surface area contributed by atoms with Crippen LogP contribution < -0.4 is 0 Å². The Hall–Kier alpha value is -6.84. The molecule has 0 aliphatic heterocycles. The first-order valence-electron chi connectivity index (χ1n) is 17.4. The van der Waals surface area contributed by atoms with Crippen molar-refractivity contribution in [1.29, 1.82) is 0 Å². The number of nitrogens with zero attached hydrogens (tertiary/aromatic N) is 2. The third-order valence-electron chi connectivity index (χ3n) is 10.5. The lowest BCUT2D eigenvalue weighted by Gasteiger charge is -2.12. The van der Waals surface area contributed by atoms with Gasteiger partial charge in [-0.2, -0.15) is 0 Å². The smallest absolute Gasteiger partial charge is 0.135 e. The highest BCUT2D eigenvalue weighted by atomic mass is 16.3. The SMILES string of the molecule is c1ccc(-c2cccc(-n3c4ccccc4c4cc5c(cc43)c3ccccc3n5-c3cccc(-c4ccc5oc6ccccc6c5c4)c3)c2)cc1. The van der Waals surface area contributed by atoms with Crippen molar-refractivity contribution < 1.29 is 4.42 Å². The van der Waals surface area contributed by atoms with E-state index in [1.165, 1.54) is 65.9 Å². The Morgan fingerprint density at radius 2 is 0.765 bits per heavy atom. The fraction of sp³-hybridized carbons (Fsp3) is 0. The first-order chi connectivity index (χ1) is 25.3. The standard InChI is InChI=1S/C48H30N2O/c1-2-12-31(13-3-1)32-14-10-16-35(26-32)49-43-21-7-4-18-37(43)40-30-46-41(29-45(40)49)38-19-5-8-22-44(38)50(46)36-17-11-15-33(27-36)34-24-25-48-42(28-34)39-20-6-9-23-47(39)51-48/h1-30H. The highest BCUT2D eigenvalue weighted by Crippen LogP contribution is 2.41. The van der Waals surface area contributed by atoms with Gasteiger partial charge in [0.25, 0.3) is 0 Å². The van der Waals surface area contributed by atoms with Crippen LogP contribution in [0, 0.1) is 0 Å². The highest BCUT2D eigenvalue weighted by molar-refractivity contribution is 6.19. The molecular formula is C48H30N2O. The van der Waals surface area contributed by atoms with Gasteiger partial charge in [0.05, 0.1) is 22.1 Å². The molecule has 11 rings (SSSR count). The van der Waals surface area contributed by atoms with Crippen molar-refractivity contribution in [3.63, 3.8) is 0 Å². The van der Waals surface area contributed by atoms with Crippen LogP contribution in [-0.2, 0) is 0 Å². The van der Waals surface area contributed by atoms with Gasteiger partial charge in [0.2, 0.25) is 0 Å². The third-order valence-corrected chi connectivity index (χ3v) is 10.5. The minimum atomic E-state index is 0.911. The summed E-state index contributed by atoms with van der Waals surface area (Å²) >= 11 is 0. The van der Waals surface area contributed by atoms with Crippen LogP contribution in [-0.4, -0.2) is 9.13 Å². The Labute approximate surface area is 293 Å². The minimum Gasteiger partial charge on any atom is -0.456 e. The monoisotopic (exact) mass is 650 g/mol. The van der Waals surface area contributed by atoms with Gasteiger partial charge >= 0.3 is 0 Å². The van der Waals surface area contributed by atoms with Gasteiger partial charge in [0.1, 0.15) is 11.2 Å². The van der Waals surface area contributed by atoms with Gasteiger partial charge in [-0.1, -0.05) is 115 Å². The second-order valence-electron chi connectivity index (χ2n) is 13.4. The third kappa shape index (κ3) is 4.25. The number of rotatable bonds is 4. The van der Waals surface area contributed by atoms with E-state index in [2.05, 4.69) is 179 Å². The molecule has 0 radical (unpaired) electrons. The zero-order valence-corrected chi connectivity index (χ0v) is 27.6. The van der Waals surface area contributed by atoms with E-state index in [1.54, 1.807) is 0 Å². The van der Waals surface area contributed by atoms with E-state index in [9.17, 15) is 0 Å². The summed E-state index contributed by atoms with van der Waals surface area (Å²) < 4.78 is 11.0. The fourth-order valence-corrected chi connectivity index (χ4v) is 8.17. The number of furan rings is 1. The molecule has 0 unspecified atom stereocenters. The van der Waals surface area contributed by atoms with Crippen molar-refractivity contribution >= 4 is 65.6 Å². The van der Waals surface area contributed by atoms with Gasteiger partial charge in [-0.25, -0.2) is 0 Å². The molecule has 0 fully saturated rings. The summed E-state index contributed by atoms with van der Waals surface area (Å²) in [5.74, 6) is 0. The van der Waals surface area contributed by atoms with E-state index in [0.717, 1.165) is 33.3 Å². The molecule has 8 aromatic carbocycles. The van der Waals surface area contributed by atoms with Gasteiger partial charge in [-0.3, -0.25) is 0 Å². The van der Waals surface area contributed by atoms with Crippen molar-refractivity contribution in [3.8, 4) is 33.6 Å². The Balaban J connectivity index is 1.14. The fourth-order valence-electron chi connectivity index (χ4n) is 8.17. The number of fused-ring (bicyclic) bond motifs is 9. The molecule has 0 atom stereocenters. The summed E-state index contributed by atoms with van der Waals surface area (Å²) in [6.45, 7) is 0. The zero-order valence-electron chi connectivity index (χ0n) is 27.6. The van der Waals surface area contributed by atoms with E-state index >= 15 is 0 Å². The molecule has 0 aliphatic rings. The number of benzene rings is 8. The first-order valence-corrected chi connectivity index (χ1v) is 17.4. The average molecular weight is 651 g/mol. The summed E-state index contributed by atoms with van der Waals surface area (Å²) in [6, 6.07) is 65.6. The first kappa shape index (κ1) is 28.0. The molecule has 0 amide bonds. The van der Waals surface area contributed by atoms with Crippen LogP contribution in [0.15, 0.2) is 186 Å². The maximum absolute atomic E-state index is 6.14. The second-order valence-corrected chi connectivity index (χ2v) is 13.4. The largest absolute Gasteiger partial charge is 0.456 e. The lowest BCUT2D eigenvalue weighted by molar-refractivity contribution is 0.669. The lowest BCUT2D eigenvalue weighted by Crippen LogP contribution is -1.95. The Morgan fingerprint density at radius 3 is 1.41 bits per heavy atom. The number of hydrogen-bond acceptors (Lipinski definition) is 1. The molecular weight excluding hydrogens is 621 g/mol. The average Bonchev–Trinajstić information content (AvgIpc) is 3.84. The summed E-state index contributed by atoms with van der Waals surface area (Å²) in [5, 5.41) is 7.23. The van der Waals surface area contributed by atoms with Gasteiger partial charge in [0.15, 0.2) is 0 Å². The van der Waals surface area contributed by atoms with E-state index in [1.807, 2.05) is 12.1 Å². The molecule has 3 aromatic heterocycles. The molecule has 3 heteroatoms. The van der Waals surface area contributed by atoms with Crippen LogP contribution >= 0.6 is 0 Å². The predicted molar refractivity (Wildman–Crippen MR) is 213 cm³/mol. The Kier molecular flexibility index (Phi) is 5.96. The van der Waals surface area contributed by atoms with Crippen LogP contribution in [0.1, 0.15) is 0 Å². The van der Waals surface area contributed by atoms with Crippen LogP contribution in [0.3, 0.4) is 0 Å². The van der Waals surface area contributed by atoms with Crippen molar-refractivity contribution in [3.05, 3.63) is 182 Å².